The van der Waals surface area contributed by atoms with Gasteiger partial charge in [0, 0.05) is 13.1 Å². The lowest BCUT2D eigenvalue weighted by Gasteiger charge is -2.27. The van der Waals surface area contributed by atoms with Crippen molar-refractivity contribution in [2.24, 2.45) is 5.73 Å². The Labute approximate surface area is 101 Å². The first-order chi connectivity index (χ1) is 8.03. The van der Waals surface area contributed by atoms with Crippen LogP contribution in [-0.2, 0) is 10.3 Å². The van der Waals surface area contributed by atoms with Crippen LogP contribution < -0.4 is 5.73 Å². The van der Waals surface area contributed by atoms with Crippen LogP contribution in [0.4, 0.5) is 0 Å². The lowest BCUT2D eigenvalue weighted by Crippen LogP contribution is -2.36. The molecule has 17 heavy (non-hydrogen) atoms. The van der Waals surface area contributed by atoms with Crippen LogP contribution in [0.1, 0.15) is 38.1 Å². The van der Waals surface area contributed by atoms with Gasteiger partial charge < -0.3 is 19.9 Å². The van der Waals surface area contributed by atoms with Gasteiger partial charge in [-0.3, -0.25) is 0 Å². The van der Waals surface area contributed by atoms with E-state index in [2.05, 4.69) is 22.1 Å². The highest BCUT2D eigenvalue weighted by molar-refractivity contribution is 5.01. The average Bonchev–Trinajstić information content (AvgIpc) is 2.79. The van der Waals surface area contributed by atoms with Gasteiger partial charge in [0.15, 0.2) is 0 Å². The maximum atomic E-state index is 6.06. The van der Waals surface area contributed by atoms with E-state index in [-0.39, 0.29) is 6.10 Å². The van der Waals surface area contributed by atoms with Gasteiger partial charge in [0.2, 0.25) is 11.7 Å². The van der Waals surface area contributed by atoms with E-state index in [1.165, 1.54) is 0 Å². The number of morpholine rings is 1. The first kappa shape index (κ1) is 12.5. The molecule has 1 saturated heterocycles. The zero-order chi connectivity index (χ0) is 12.5. The molecule has 2 atom stereocenters. The van der Waals surface area contributed by atoms with Crippen LogP contribution in [0.15, 0.2) is 4.52 Å². The number of rotatable bonds is 3. The van der Waals surface area contributed by atoms with Crippen LogP contribution >= 0.6 is 0 Å². The molecule has 1 fully saturated rings. The second kappa shape index (κ2) is 4.72. The Morgan fingerprint density at radius 1 is 1.59 bits per heavy atom. The van der Waals surface area contributed by atoms with Crippen molar-refractivity contribution in [2.75, 3.05) is 26.7 Å². The molecule has 0 spiro atoms. The molecule has 0 saturated carbocycles. The summed E-state index contributed by atoms with van der Waals surface area (Å²) in [6, 6.07) is 0. The highest BCUT2D eigenvalue weighted by Gasteiger charge is 2.30. The smallest absolute Gasteiger partial charge is 0.246 e. The molecule has 0 amide bonds. The third-order valence-electron chi connectivity index (χ3n) is 3.22. The van der Waals surface area contributed by atoms with Crippen LogP contribution in [0.5, 0.6) is 0 Å². The molecule has 2 heterocycles. The summed E-state index contributed by atoms with van der Waals surface area (Å²) in [6.07, 6.45) is 0.638. The number of aromatic nitrogens is 2. The molecule has 1 aromatic heterocycles. The molecular weight excluding hydrogens is 220 g/mol. The van der Waals surface area contributed by atoms with Gasteiger partial charge in [0.25, 0.3) is 0 Å². The molecule has 1 aliphatic heterocycles. The van der Waals surface area contributed by atoms with Gasteiger partial charge in [-0.05, 0) is 20.4 Å². The normalized spacial score (nSPS) is 25.8. The molecule has 1 aromatic rings. The maximum absolute atomic E-state index is 6.06. The molecule has 2 rings (SSSR count). The molecule has 0 radical (unpaired) electrons. The van der Waals surface area contributed by atoms with Gasteiger partial charge in [0.05, 0.1) is 12.1 Å². The Morgan fingerprint density at radius 3 is 3.00 bits per heavy atom. The van der Waals surface area contributed by atoms with E-state index in [4.69, 9.17) is 15.0 Å². The van der Waals surface area contributed by atoms with Crippen molar-refractivity contribution in [1.29, 1.82) is 0 Å². The third-order valence-corrected chi connectivity index (χ3v) is 3.22. The van der Waals surface area contributed by atoms with Crippen molar-refractivity contribution in [3.63, 3.8) is 0 Å². The maximum Gasteiger partial charge on any atom is 0.246 e. The Kier molecular flexibility index (Phi) is 3.46. The fraction of sp³-hybridized carbons (Fsp3) is 0.818. The second-order valence-electron chi connectivity index (χ2n) is 4.85. The van der Waals surface area contributed by atoms with Gasteiger partial charge in [-0.25, -0.2) is 0 Å². The standard InChI is InChI=1S/C11H20N4O2/c1-4-11(2,12)10-13-9(14-17-10)8-7-15(3)5-6-16-8/h8H,4-7,12H2,1-3H3. The van der Waals surface area contributed by atoms with Gasteiger partial charge in [-0.15, -0.1) is 0 Å². The highest BCUT2D eigenvalue weighted by atomic mass is 16.5. The summed E-state index contributed by atoms with van der Waals surface area (Å²) >= 11 is 0. The Balaban J connectivity index is 2.12. The minimum Gasteiger partial charge on any atom is -0.367 e. The molecule has 6 heteroatoms. The number of hydrogen-bond acceptors (Lipinski definition) is 6. The minimum absolute atomic E-state index is 0.112. The van der Waals surface area contributed by atoms with Crippen molar-refractivity contribution in [3.8, 4) is 0 Å². The largest absolute Gasteiger partial charge is 0.367 e. The molecule has 2 N–H and O–H groups in total. The fourth-order valence-electron chi connectivity index (χ4n) is 1.68. The lowest BCUT2D eigenvalue weighted by molar-refractivity contribution is -0.0264. The summed E-state index contributed by atoms with van der Waals surface area (Å²) < 4.78 is 10.9. The zero-order valence-corrected chi connectivity index (χ0v) is 10.6. The van der Waals surface area contributed by atoms with Gasteiger partial charge in [-0.2, -0.15) is 4.98 Å². The van der Waals surface area contributed by atoms with E-state index in [0.717, 1.165) is 19.5 Å². The molecule has 0 aromatic carbocycles. The Bertz CT molecular complexity index is 377. The van der Waals surface area contributed by atoms with Crippen molar-refractivity contribution in [2.45, 2.75) is 31.9 Å². The number of likely N-dealkylation sites (N-methyl/N-ethyl adjacent to an activating group) is 1. The molecule has 0 aliphatic carbocycles. The summed E-state index contributed by atoms with van der Waals surface area (Å²) in [7, 11) is 2.05. The molecule has 96 valence electrons. The lowest BCUT2D eigenvalue weighted by atomic mass is 10.0. The monoisotopic (exact) mass is 240 g/mol. The van der Waals surface area contributed by atoms with Crippen LogP contribution in [-0.4, -0.2) is 41.8 Å². The van der Waals surface area contributed by atoms with E-state index in [1.807, 2.05) is 13.8 Å². The van der Waals surface area contributed by atoms with Gasteiger partial charge in [0.1, 0.15) is 6.10 Å². The van der Waals surface area contributed by atoms with Crippen LogP contribution in [0.2, 0.25) is 0 Å². The van der Waals surface area contributed by atoms with Crippen LogP contribution in [0, 0.1) is 0 Å². The summed E-state index contributed by atoms with van der Waals surface area (Å²) in [5.41, 5.74) is 5.50. The Hall–Kier alpha value is -0.980. The minimum atomic E-state index is -0.564. The number of nitrogens with two attached hydrogens (primary N) is 1. The molecule has 2 unspecified atom stereocenters. The molecular formula is C11H20N4O2. The average molecular weight is 240 g/mol. The summed E-state index contributed by atoms with van der Waals surface area (Å²) in [5.74, 6) is 1.07. The summed E-state index contributed by atoms with van der Waals surface area (Å²) in [5, 5.41) is 3.97. The van der Waals surface area contributed by atoms with Crippen LogP contribution in [0.3, 0.4) is 0 Å². The van der Waals surface area contributed by atoms with Gasteiger partial charge >= 0.3 is 0 Å². The first-order valence-electron chi connectivity index (χ1n) is 5.96. The molecule has 1 aliphatic rings. The summed E-state index contributed by atoms with van der Waals surface area (Å²) in [6.45, 7) is 6.29. The van der Waals surface area contributed by atoms with Gasteiger partial charge in [-0.1, -0.05) is 12.1 Å². The number of ether oxygens (including phenoxy) is 1. The first-order valence-corrected chi connectivity index (χ1v) is 5.96. The van der Waals surface area contributed by atoms with Crippen molar-refractivity contribution < 1.29 is 9.26 Å². The SMILES string of the molecule is CCC(C)(N)c1nc(C2CN(C)CCO2)no1. The van der Waals surface area contributed by atoms with Crippen molar-refractivity contribution in [3.05, 3.63) is 11.7 Å². The van der Waals surface area contributed by atoms with Crippen molar-refractivity contribution >= 4 is 0 Å². The Morgan fingerprint density at radius 2 is 2.35 bits per heavy atom. The van der Waals surface area contributed by atoms with E-state index in [1.54, 1.807) is 0 Å². The third kappa shape index (κ3) is 2.65. The molecule has 0 bridgehead atoms. The van der Waals surface area contributed by atoms with Crippen molar-refractivity contribution in [1.82, 2.24) is 15.0 Å². The predicted octanol–water partition coefficient (Wildman–Crippen LogP) is 0.657. The number of hydrogen-bond donors (Lipinski definition) is 1. The van der Waals surface area contributed by atoms with E-state index >= 15 is 0 Å². The van der Waals surface area contributed by atoms with Crippen LogP contribution in [0.25, 0.3) is 0 Å². The number of nitrogens with zero attached hydrogens (tertiary/aromatic N) is 3. The second-order valence-corrected chi connectivity index (χ2v) is 4.85. The predicted molar refractivity (Wildman–Crippen MR) is 62.3 cm³/mol. The molecule has 6 nitrogen and oxygen atoms in total. The van der Waals surface area contributed by atoms with E-state index in [9.17, 15) is 0 Å². The topological polar surface area (TPSA) is 77.4 Å². The zero-order valence-electron chi connectivity index (χ0n) is 10.6. The van der Waals surface area contributed by atoms with E-state index < -0.39 is 5.54 Å². The van der Waals surface area contributed by atoms with E-state index in [0.29, 0.717) is 18.3 Å². The fourth-order valence-corrected chi connectivity index (χ4v) is 1.68. The quantitative estimate of drug-likeness (QED) is 0.836. The highest BCUT2D eigenvalue weighted by Crippen LogP contribution is 2.23. The summed E-state index contributed by atoms with van der Waals surface area (Å²) in [4.78, 5) is 6.54.